The van der Waals surface area contributed by atoms with Crippen molar-refractivity contribution in [3.8, 4) is 11.3 Å². The van der Waals surface area contributed by atoms with Gasteiger partial charge in [-0.05, 0) is 48.4 Å². The van der Waals surface area contributed by atoms with Crippen LogP contribution in [0.4, 0.5) is 10.1 Å². The van der Waals surface area contributed by atoms with Crippen molar-refractivity contribution in [3.63, 3.8) is 0 Å². The van der Waals surface area contributed by atoms with Gasteiger partial charge in [0.05, 0.1) is 12.1 Å². The molecule has 0 saturated heterocycles. The fourth-order valence-corrected chi connectivity index (χ4v) is 3.01. The van der Waals surface area contributed by atoms with Gasteiger partial charge in [-0.2, -0.15) is 0 Å². The summed E-state index contributed by atoms with van der Waals surface area (Å²) in [5.41, 5.74) is 5.40. The fourth-order valence-electron chi connectivity index (χ4n) is 3.01. The third-order valence-electron chi connectivity index (χ3n) is 4.42. The monoisotopic (exact) mass is 359 g/mol. The molecule has 0 aliphatic carbocycles. The van der Waals surface area contributed by atoms with Crippen molar-refractivity contribution < 1.29 is 9.18 Å². The van der Waals surface area contributed by atoms with E-state index in [1.54, 1.807) is 12.1 Å². The highest BCUT2D eigenvalue weighted by Gasteiger charge is 2.08. The number of hydrogen-bond donors (Lipinski definition) is 1. The molecule has 134 valence electrons. The Bertz CT molecular complexity index is 1100. The third kappa shape index (κ3) is 3.72. The van der Waals surface area contributed by atoms with Gasteiger partial charge < -0.3 is 9.72 Å². The Kier molecular flexibility index (Phi) is 4.42. The third-order valence-corrected chi connectivity index (χ3v) is 4.42. The molecule has 27 heavy (non-hydrogen) atoms. The molecule has 0 aliphatic rings. The van der Waals surface area contributed by atoms with E-state index in [1.165, 1.54) is 12.1 Å². The molecule has 4 rings (SSSR count). The van der Waals surface area contributed by atoms with Crippen molar-refractivity contribution in [2.24, 2.45) is 0 Å². The minimum absolute atomic E-state index is 0.141. The molecule has 0 unspecified atom stereocenters. The first-order valence-corrected chi connectivity index (χ1v) is 8.67. The summed E-state index contributed by atoms with van der Waals surface area (Å²) in [5, 5.41) is 2.86. The highest BCUT2D eigenvalue weighted by molar-refractivity contribution is 5.92. The van der Waals surface area contributed by atoms with E-state index in [0.29, 0.717) is 5.69 Å². The van der Waals surface area contributed by atoms with Gasteiger partial charge >= 0.3 is 0 Å². The van der Waals surface area contributed by atoms with Crippen LogP contribution in [0.5, 0.6) is 0 Å². The number of halogens is 1. The van der Waals surface area contributed by atoms with Crippen LogP contribution in [0.2, 0.25) is 0 Å². The van der Waals surface area contributed by atoms with Crippen LogP contribution in [0.3, 0.4) is 0 Å². The van der Waals surface area contributed by atoms with E-state index in [2.05, 4.69) is 10.3 Å². The molecular weight excluding hydrogens is 341 g/mol. The Morgan fingerprint density at radius 1 is 1.07 bits per heavy atom. The number of rotatable bonds is 4. The molecule has 0 bridgehead atoms. The highest BCUT2D eigenvalue weighted by Crippen LogP contribution is 2.22. The number of carbonyl (C=O) groups excluding carboxylic acids is 1. The smallest absolute Gasteiger partial charge is 0.228 e. The lowest BCUT2D eigenvalue weighted by atomic mass is 10.1. The number of imidazole rings is 1. The van der Waals surface area contributed by atoms with Crippen LogP contribution in [0.25, 0.3) is 16.9 Å². The average Bonchev–Trinajstić information content (AvgIpc) is 3.10. The van der Waals surface area contributed by atoms with E-state index in [1.807, 2.05) is 60.1 Å². The number of pyridine rings is 1. The molecule has 1 N–H and O–H groups in total. The van der Waals surface area contributed by atoms with E-state index in [4.69, 9.17) is 0 Å². The van der Waals surface area contributed by atoms with E-state index >= 15 is 0 Å². The van der Waals surface area contributed by atoms with Gasteiger partial charge in [0, 0.05) is 23.6 Å². The molecule has 0 saturated carbocycles. The molecular formula is C22H18FN3O. The molecule has 2 aromatic carbocycles. The number of aromatic nitrogens is 2. The van der Waals surface area contributed by atoms with Gasteiger partial charge in [0.25, 0.3) is 0 Å². The van der Waals surface area contributed by atoms with Crippen LogP contribution >= 0.6 is 0 Å². The summed E-state index contributed by atoms with van der Waals surface area (Å²) in [6.07, 6.45) is 4.17. The Labute approximate surface area is 156 Å². The van der Waals surface area contributed by atoms with E-state index in [-0.39, 0.29) is 18.1 Å². The maximum atomic E-state index is 12.9. The van der Waals surface area contributed by atoms with Crippen LogP contribution < -0.4 is 5.32 Å². The Hall–Kier alpha value is -3.47. The first-order chi connectivity index (χ1) is 13.1. The lowest BCUT2D eigenvalue weighted by Gasteiger charge is -2.06. The Morgan fingerprint density at radius 3 is 2.52 bits per heavy atom. The second-order valence-electron chi connectivity index (χ2n) is 6.48. The summed E-state index contributed by atoms with van der Waals surface area (Å²) in [7, 11) is 0. The summed E-state index contributed by atoms with van der Waals surface area (Å²) < 4.78 is 14.9. The summed E-state index contributed by atoms with van der Waals surface area (Å²) in [4.78, 5) is 16.8. The van der Waals surface area contributed by atoms with Crippen LogP contribution in [0.1, 0.15) is 11.1 Å². The number of aryl methyl sites for hydroxylation is 1. The highest BCUT2D eigenvalue weighted by atomic mass is 19.1. The predicted octanol–water partition coefficient (Wildman–Crippen LogP) is 4.63. The SMILES string of the molecule is Cc1cccn2cc(-c3ccc(NC(=O)Cc4ccc(F)cc4)cc3)nc12. The summed E-state index contributed by atoms with van der Waals surface area (Å²) >= 11 is 0. The normalized spacial score (nSPS) is 10.9. The molecule has 4 nitrogen and oxygen atoms in total. The molecule has 5 heteroatoms. The molecule has 0 spiro atoms. The van der Waals surface area contributed by atoms with Crippen molar-refractivity contribution >= 4 is 17.2 Å². The molecule has 2 heterocycles. The zero-order chi connectivity index (χ0) is 18.8. The van der Waals surface area contributed by atoms with Gasteiger partial charge in [-0.3, -0.25) is 4.79 Å². The lowest BCUT2D eigenvalue weighted by Crippen LogP contribution is -2.14. The van der Waals surface area contributed by atoms with Gasteiger partial charge in [0.1, 0.15) is 11.5 Å². The minimum Gasteiger partial charge on any atom is -0.326 e. The maximum Gasteiger partial charge on any atom is 0.228 e. The summed E-state index contributed by atoms with van der Waals surface area (Å²) in [6.45, 7) is 2.03. The zero-order valence-electron chi connectivity index (χ0n) is 14.8. The number of nitrogens with one attached hydrogen (secondary N) is 1. The molecule has 0 aliphatic heterocycles. The van der Waals surface area contributed by atoms with Crippen LogP contribution in [0.15, 0.2) is 73.1 Å². The maximum absolute atomic E-state index is 12.9. The van der Waals surface area contributed by atoms with E-state index in [9.17, 15) is 9.18 Å². The number of carbonyl (C=O) groups is 1. The number of amides is 1. The first kappa shape index (κ1) is 17.0. The van der Waals surface area contributed by atoms with Crippen LogP contribution in [-0.4, -0.2) is 15.3 Å². The van der Waals surface area contributed by atoms with Crippen molar-refractivity contribution in [1.29, 1.82) is 0 Å². The fraction of sp³-hybridized carbons (Fsp3) is 0.0909. The standard InChI is InChI=1S/C22H18FN3O/c1-15-3-2-12-26-14-20(25-22(15)26)17-6-10-19(11-7-17)24-21(27)13-16-4-8-18(23)9-5-16/h2-12,14H,13H2,1H3,(H,24,27). The van der Waals surface area contributed by atoms with Crippen LogP contribution in [-0.2, 0) is 11.2 Å². The molecule has 1 amide bonds. The number of fused-ring (bicyclic) bond motifs is 1. The van der Waals surface area contributed by atoms with Crippen molar-refractivity contribution in [2.75, 3.05) is 5.32 Å². The molecule has 0 atom stereocenters. The average molecular weight is 359 g/mol. The summed E-state index contributed by atoms with van der Waals surface area (Å²) in [5.74, 6) is -0.449. The van der Waals surface area contributed by atoms with Gasteiger partial charge in [-0.15, -0.1) is 0 Å². The number of benzene rings is 2. The predicted molar refractivity (Wildman–Crippen MR) is 104 cm³/mol. The van der Waals surface area contributed by atoms with Gasteiger partial charge in [-0.25, -0.2) is 9.37 Å². The van der Waals surface area contributed by atoms with Gasteiger partial charge in [0.2, 0.25) is 5.91 Å². The molecule has 4 aromatic rings. The van der Waals surface area contributed by atoms with Crippen molar-refractivity contribution in [1.82, 2.24) is 9.38 Å². The largest absolute Gasteiger partial charge is 0.326 e. The number of anilines is 1. The Balaban J connectivity index is 1.47. The van der Waals surface area contributed by atoms with Crippen molar-refractivity contribution in [3.05, 3.63) is 90.0 Å². The second kappa shape index (κ2) is 7.03. The quantitative estimate of drug-likeness (QED) is 0.577. The topological polar surface area (TPSA) is 46.4 Å². The van der Waals surface area contributed by atoms with Gasteiger partial charge in [0.15, 0.2) is 0 Å². The Morgan fingerprint density at radius 2 is 1.81 bits per heavy atom. The second-order valence-corrected chi connectivity index (χ2v) is 6.48. The zero-order valence-corrected chi connectivity index (χ0v) is 14.8. The van der Waals surface area contributed by atoms with E-state index in [0.717, 1.165) is 28.0 Å². The molecule has 0 fully saturated rings. The minimum atomic E-state index is -0.308. The van der Waals surface area contributed by atoms with E-state index < -0.39 is 0 Å². The van der Waals surface area contributed by atoms with Crippen molar-refractivity contribution in [2.45, 2.75) is 13.3 Å². The van der Waals surface area contributed by atoms with Gasteiger partial charge in [-0.1, -0.05) is 30.3 Å². The lowest BCUT2D eigenvalue weighted by molar-refractivity contribution is -0.115. The number of hydrogen-bond acceptors (Lipinski definition) is 2. The molecule has 2 aromatic heterocycles. The first-order valence-electron chi connectivity index (χ1n) is 8.67. The van der Waals surface area contributed by atoms with Crippen LogP contribution in [0, 0.1) is 12.7 Å². The summed E-state index contributed by atoms with van der Waals surface area (Å²) in [6, 6.07) is 17.5. The molecule has 0 radical (unpaired) electrons. The number of nitrogens with zero attached hydrogens (tertiary/aromatic N) is 2.